The number of allylic oxidation sites excluding steroid dienone is 6. The van der Waals surface area contributed by atoms with Gasteiger partial charge in [-0.1, -0.05) is 220 Å². The van der Waals surface area contributed by atoms with Crippen LogP contribution in [0.2, 0.25) is 0 Å². The fourth-order valence-corrected chi connectivity index (χ4v) is 7.57. The smallest absolute Gasteiger partial charge is 0.395 e. The van der Waals surface area contributed by atoms with Crippen LogP contribution in [0.1, 0.15) is 102 Å². The first-order valence-corrected chi connectivity index (χ1v) is 23.2. The lowest BCUT2D eigenvalue weighted by atomic mass is 9.73. The van der Waals surface area contributed by atoms with Crippen molar-refractivity contribution in [3.63, 3.8) is 0 Å². The zero-order valence-corrected chi connectivity index (χ0v) is 41.2. The van der Waals surface area contributed by atoms with Crippen LogP contribution in [-0.2, 0) is 30.8 Å². The maximum atomic E-state index is 11.2. The van der Waals surface area contributed by atoms with Gasteiger partial charge in [-0.2, -0.15) is 0 Å². The van der Waals surface area contributed by atoms with E-state index in [-0.39, 0.29) is 39.0 Å². The van der Waals surface area contributed by atoms with E-state index < -0.39 is 31.8 Å². The maximum absolute atomic E-state index is 11.2. The molecule has 0 unspecified atom stereocenters. The lowest BCUT2D eigenvalue weighted by Gasteiger charge is -2.31. The summed E-state index contributed by atoms with van der Waals surface area (Å²) in [7, 11) is -0.659. The standard InChI is InChI=1S/C24H25O2P.C20H25O2P.C6H6.C5H12O4/c1-23(2,18-11-7-5-8-12-18)20-15-16-22(26-27-25)21(17-20)24(3,4)19-13-9-6-10-14-19;1-19(2,3)17-14-16(12-13-18(17)22-23-21)20(4,5)15-10-8-6-7-9-11-15;1-2-4-6-5-3-1;6-1-5(2-7,3-8)4-9/h5-17H,1-4H3;6-10,12-14H,11H2,1-5H3;1-6H;6-9H,1-4H2. The predicted molar refractivity (Wildman–Crippen MR) is 266 cm³/mol. The van der Waals surface area contributed by atoms with Crippen molar-refractivity contribution in [3.8, 4) is 11.5 Å². The summed E-state index contributed by atoms with van der Waals surface area (Å²) in [5.74, 6) is 1.33. The Morgan fingerprint density at radius 2 is 0.862 bits per heavy atom. The fourth-order valence-electron chi connectivity index (χ4n) is 7.09. The van der Waals surface area contributed by atoms with Gasteiger partial charge in [-0.15, -0.1) is 0 Å². The van der Waals surface area contributed by atoms with Gasteiger partial charge in [0.05, 0.1) is 31.8 Å². The van der Waals surface area contributed by atoms with Crippen molar-refractivity contribution >= 4 is 17.4 Å². The van der Waals surface area contributed by atoms with E-state index in [9.17, 15) is 9.13 Å². The van der Waals surface area contributed by atoms with Crippen molar-refractivity contribution in [1.29, 1.82) is 0 Å². The number of benzene rings is 5. The van der Waals surface area contributed by atoms with Crippen molar-refractivity contribution < 1.29 is 38.6 Å². The number of aliphatic hydroxyl groups excluding tert-OH is 4. The van der Waals surface area contributed by atoms with Crippen LogP contribution in [0.25, 0.3) is 0 Å². The van der Waals surface area contributed by atoms with Crippen LogP contribution in [0.3, 0.4) is 0 Å². The van der Waals surface area contributed by atoms with Crippen LogP contribution >= 0.6 is 17.4 Å². The normalized spacial score (nSPS) is 12.9. The third-order valence-corrected chi connectivity index (χ3v) is 12.5. The molecule has 10 heteroatoms. The Morgan fingerprint density at radius 3 is 1.28 bits per heavy atom. The molecular formula is C55H68O8P2. The first-order valence-electron chi connectivity index (χ1n) is 21.7. The molecule has 0 heterocycles. The lowest BCUT2D eigenvalue weighted by molar-refractivity contribution is -0.0328. The highest BCUT2D eigenvalue weighted by molar-refractivity contribution is 7.18. The van der Waals surface area contributed by atoms with E-state index in [1.807, 2.05) is 72.8 Å². The van der Waals surface area contributed by atoms with E-state index in [1.54, 1.807) is 0 Å². The van der Waals surface area contributed by atoms with Gasteiger partial charge in [0, 0.05) is 27.4 Å². The van der Waals surface area contributed by atoms with Gasteiger partial charge in [0.15, 0.2) is 0 Å². The summed E-state index contributed by atoms with van der Waals surface area (Å²) in [5.41, 5.74) is 6.64. The van der Waals surface area contributed by atoms with Crippen LogP contribution in [0, 0.1) is 5.41 Å². The average Bonchev–Trinajstić information content (AvgIpc) is 3.63. The molecule has 0 aromatic heterocycles. The Bertz CT molecular complexity index is 2250. The van der Waals surface area contributed by atoms with Crippen molar-refractivity contribution in [2.75, 3.05) is 26.4 Å². The molecule has 0 spiro atoms. The molecule has 0 saturated carbocycles. The van der Waals surface area contributed by atoms with Crippen LogP contribution in [0.5, 0.6) is 11.5 Å². The van der Waals surface area contributed by atoms with Gasteiger partial charge >= 0.3 is 17.4 Å². The topological polar surface area (TPSA) is 134 Å². The van der Waals surface area contributed by atoms with Crippen molar-refractivity contribution in [1.82, 2.24) is 0 Å². The molecule has 5 aromatic carbocycles. The molecular weight excluding hydrogens is 851 g/mol. The van der Waals surface area contributed by atoms with E-state index in [1.165, 1.54) is 27.8 Å². The molecule has 1 aliphatic carbocycles. The van der Waals surface area contributed by atoms with Gasteiger partial charge in [-0.25, -0.2) is 9.13 Å². The molecule has 0 bridgehead atoms. The van der Waals surface area contributed by atoms with Crippen molar-refractivity contribution in [3.05, 3.63) is 203 Å². The van der Waals surface area contributed by atoms with Crippen LogP contribution in [0.4, 0.5) is 0 Å². The summed E-state index contributed by atoms with van der Waals surface area (Å²) in [6.45, 7) is 18.1. The SMILES string of the molecule is CC(C)(C)c1cc(C(C)(C)C2=CC=CC=CC2)ccc1OP=O.CC(C)(c1ccccc1)c1ccc(OP=O)c(C(C)(C)c2ccccc2)c1.OCC(CO)(CO)CO.c1ccccc1. The molecule has 0 saturated heterocycles. The van der Waals surface area contributed by atoms with Gasteiger partial charge in [0.1, 0.15) is 11.5 Å². The Morgan fingerprint density at radius 1 is 0.462 bits per heavy atom. The van der Waals surface area contributed by atoms with E-state index in [2.05, 4.69) is 153 Å². The molecule has 0 atom stereocenters. The highest BCUT2D eigenvalue weighted by atomic mass is 31.1. The Hall–Kier alpha value is -5.04. The van der Waals surface area contributed by atoms with E-state index >= 15 is 0 Å². The Kier molecular flexibility index (Phi) is 21.4. The van der Waals surface area contributed by atoms with Crippen LogP contribution in [-0.4, -0.2) is 46.9 Å². The van der Waals surface area contributed by atoms with Gasteiger partial charge in [0.2, 0.25) is 0 Å². The molecule has 6 rings (SSSR count). The van der Waals surface area contributed by atoms with Gasteiger partial charge in [-0.3, -0.25) is 0 Å². The molecule has 8 nitrogen and oxygen atoms in total. The summed E-state index contributed by atoms with van der Waals surface area (Å²) < 4.78 is 32.8. The van der Waals surface area contributed by atoms with E-state index in [0.29, 0.717) is 11.5 Å². The third kappa shape index (κ3) is 15.3. The highest BCUT2D eigenvalue weighted by Gasteiger charge is 2.32. The number of rotatable bonds is 14. The zero-order chi connectivity index (χ0) is 48.2. The molecule has 5 aromatic rings. The number of hydrogen-bond donors (Lipinski definition) is 4. The molecule has 0 radical (unpaired) electrons. The first-order chi connectivity index (χ1) is 30.9. The minimum atomic E-state index is -1.11. The summed E-state index contributed by atoms with van der Waals surface area (Å²) in [6.07, 6.45) is 11.6. The monoisotopic (exact) mass is 918 g/mol. The van der Waals surface area contributed by atoms with Crippen molar-refractivity contribution in [2.24, 2.45) is 5.41 Å². The second-order valence-corrected chi connectivity index (χ2v) is 19.3. The quantitative estimate of drug-likeness (QED) is 0.0809. The summed E-state index contributed by atoms with van der Waals surface area (Å²) >= 11 is 0. The number of hydrogen-bond acceptors (Lipinski definition) is 8. The second-order valence-electron chi connectivity index (χ2n) is 18.6. The maximum Gasteiger partial charge on any atom is 0.395 e. The number of aliphatic hydroxyl groups is 4. The van der Waals surface area contributed by atoms with Crippen LogP contribution in [0.15, 0.2) is 169 Å². The Labute approximate surface area is 391 Å². The Balaban J connectivity index is 0.000000265. The average molecular weight is 919 g/mol. The van der Waals surface area contributed by atoms with Gasteiger partial charge < -0.3 is 29.5 Å². The fraction of sp³-hybridized carbons (Fsp3) is 0.345. The molecule has 0 amide bonds. The third-order valence-electron chi connectivity index (χ3n) is 12.0. The molecule has 65 heavy (non-hydrogen) atoms. The summed E-state index contributed by atoms with van der Waals surface area (Å²) in [6, 6.07) is 45.2. The molecule has 0 fully saturated rings. The minimum Gasteiger partial charge on any atom is -0.407 e. The van der Waals surface area contributed by atoms with E-state index in [0.717, 1.165) is 17.5 Å². The highest BCUT2D eigenvalue weighted by Crippen LogP contribution is 2.43. The van der Waals surface area contributed by atoms with Crippen LogP contribution < -0.4 is 9.05 Å². The molecule has 1 aliphatic rings. The summed E-state index contributed by atoms with van der Waals surface area (Å²) in [4.78, 5) is 0. The van der Waals surface area contributed by atoms with Gasteiger partial charge in [0.25, 0.3) is 0 Å². The van der Waals surface area contributed by atoms with Gasteiger partial charge in [-0.05, 0) is 46.2 Å². The molecule has 0 aliphatic heterocycles. The first kappa shape index (κ1) is 54.3. The van der Waals surface area contributed by atoms with Crippen molar-refractivity contribution in [2.45, 2.75) is 90.4 Å². The molecule has 4 N–H and O–H groups in total. The molecule has 346 valence electrons. The lowest BCUT2D eigenvalue weighted by Crippen LogP contribution is -2.37. The largest absolute Gasteiger partial charge is 0.407 e. The second kappa shape index (κ2) is 25.6. The van der Waals surface area contributed by atoms with E-state index in [4.69, 9.17) is 29.5 Å². The summed E-state index contributed by atoms with van der Waals surface area (Å²) in [5, 5.41) is 34.0. The minimum absolute atomic E-state index is 0.0767. The zero-order valence-electron chi connectivity index (χ0n) is 39.4. The predicted octanol–water partition coefficient (Wildman–Crippen LogP) is 12.8.